The Kier molecular flexibility index (Phi) is 4.50. The van der Waals surface area contributed by atoms with Gasteiger partial charge < -0.3 is 14.5 Å². The van der Waals surface area contributed by atoms with Gasteiger partial charge in [-0.25, -0.2) is 0 Å². The average molecular weight is 364 g/mol. The number of rotatable bonds is 4. The summed E-state index contributed by atoms with van der Waals surface area (Å²) in [6.45, 7) is 6.59. The first-order valence-electron chi connectivity index (χ1n) is 9.37. The van der Waals surface area contributed by atoms with Crippen molar-refractivity contribution in [3.63, 3.8) is 0 Å². The van der Waals surface area contributed by atoms with Gasteiger partial charge in [0.25, 0.3) is 5.91 Å². The van der Waals surface area contributed by atoms with Gasteiger partial charge in [0.2, 0.25) is 0 Å². The number of aromatic nitrogens is 1. The van der Waals surface area contributed by atoms with Crippen LogP contribution in [-0.2, 0) is 16.0 Å². The Labute approximate surface area is 154 Å². The van der Waals surface area contributed by atoms with Crippen LogP contribution < -0.4 is 0 Å². The van der Waals surface area contributed by atoms with E-state index in [1.807, 2.05) is 17.0 Å². The largest absolute Gasteiger partial charge is 0.357 e. The predicted octanol–water partition coefficient (Wildman–Crippen LogP) is 2.52. The van der Waals surface area contributed by atoms with Crippen molar-refractivity contribution in [2.45, 2.75) is 50.2 Å². The Morgan fingerprint density at radius 2 is 2.04 bits per heavy atom. The van der Waals surface area contributed by atoms with Crippen LogP contribution in [0.15, 0.2) is 18.3 Å². The summed E-state index contributed by atoms with van der Waals surface area (Å²) >= 11 is 6.20. The number of morpholine rings is 1. The SMILES string of the molecule is CCN1CC2(CCN(CCc3ncccc3Cl)CC2)OC2(CC2)C1=O. The van der Waals surface area contributed by atoms with E-state index in [0.717, 1.165) is 75.5 Å². The van der Waals surface area contributed by atoms with Crippen LogP contribution in [-0.4, -0.2) is 64.6 Å². The number of nitrogens with zero attached hydrogens (tertiary/aromatic N) is 3. The highest BCUT2D eigenvalue weighted by atomic mass is 35.5. The van der Waals surface area contributed by atoms with Crippen molar-refractivity contribution in [2.75, 3.05) is 32.7 Å². The molecule has 3 fully saturated rings. The Balaban J connectivity index is 1.35. The molecule has 2 spiro atoms. The van der Waals surface area contributed by atoms with Crippen LogP contribution in [0.1, 0.15) is 38.3 Å². The lowest BCUT2D eigenvalue weighted by molar-refractivity contribution is -0.200. The summed E-state index contributed by atoms with van der Waals surface area (Å²) in [4.78, 5) is 21.3. The molecule has 0 unspecified atom stereocenters. The third kappa shape index (κ3) is 3.29. The second kappa shape index (κ2) is 6.53. The van der Waals surface area contributed by atoms with Gasteiger partial charge in [0.1, 0.15) is 5.60 Å². The minimum atomic E-state index is -0.474. The van der Waals surface area contributed by atoms with Crippen LogP contribution in [0.25, 0.3) is 0 Å². The lowest BCUT2D eigenvalue weighted by Gasteiger charge is -2.50. The third-order valence-corrected chi connectivity index (χ3v) is 6.26. The second-order valence-corrected chi connectivity index (χ2v) is 8.03. The summed E-state index contributed by atoms with van der Waals surface area (Å²) < 4.78 is 6.44. The Bertz CT molecular complexity index is 654. The monoisotopic (exact) mass is 363 g/mol. The number of ether oxygens (including phenoxy) is 1. The highest BCUT2D eigenvalue weighted by Gasteiger charge is 2.61. The van der Waals surface area contributed by atoms with E-state index in [1.54, 1.807) is 6.20 Å². The summed E-state index contributed by atoms with van der Waals surface area (Å²) in [6.07, 6.45) is 6.45. The second-order valence-electron chi connectivity index (χ2n) is 7.62. The highest BCUT2D eigenvalue weighted by Crippen LogP contribution is 2.49. The molecule has 136 valence electrons. The van der Waals surface area contributed by atoms with Gasteiger partial charge in [-0.1, -0.05) is 11.6 Å². The van der Waals surface area contributed by atoms with Crippen LogP contribution in [0.2, 0.25) is 5.02 Å². The van der Waals surface area contributed by atoms with Gasteiger partial charge in [-0.15, -0.1) is 0 Å². The molecule has 1 saturated carbocycles. The van der Waals surface area contributed by atoms with Crippen molar-refractivity contribution in [3.05, 3.63) is 29.0 Å². The molecule has 0 radical (unpaired) electrons. The van der Waals surface area contributed by atoms with Crippen molar-refractivity contribution in [2.24, 2.45) is 0 Å². The quantitative estimate of drug-likeness (QED) is 0.824. The number of piperidine rings is 1. The molecular weight excluding hydrogens is 338 g/mol. The van der Waals surface area contributed by atoms with E-state index >= 15 is 0 Å². The molecule has 2 aliphatic heterocycles. The van der Waals surface area contributed by atoms with E-state index in [9.17, 15) is 4.79 Å². The summed E-state index contributed by atoms with van der Waals surface area (Å²) in [5, 5.41) is 0.749. The minimum absolute atomic E-state index is 0.139. The molecule has 0 aromatic carbocycles. The third-order valence-electron chi connectivity index (χ3n) is 5.92. The first-order chi connectivity index (χ1) is 12.1. The fourth-order valence-corrected chi connectivity index (χ4v) is 4.41. The minimum Gasteiger partial charge on any atom is -0.357 e. The van der Waals surface area contributed by atoms with Crippen LogP contribution in [0.5, 0.6) is 0 Å². The molecule has 3 aliphatic rings. The molecule has 2 saturated heterocycles. The maximum absolute atomic E-state index is 12.5. The molecule has 1 aromatic rings. The molecule has 1 aliphatic carbocycles. The highest BCUT2D eigenvalue weighted by molar-refractivity contribution is 6.31. The van der Waals surface area contributed by atoms with Crippen molar-refractivity contribution < 1.29 is 9.53 Å². The first-order valence-corrected chi connectivity index (χ1v) is 9.75. The molecule has 1 aromatic heterocycles. The van der Waals surface area contributed by atoms with Crippen LogP contribution in [0, 0.1) is 0 Å². The Hall–Kier alpha value is -1.17. The zero-order chi connectivity index (χ0) is 17.5. The van der Waals surface area contributed by atoms with Crippen LogP contribution in [0.4, 0.5) is 0 Å². The smallest absolute Gasteiger partial charge is 0.254 e. The van der Waals surface area contributed by atoms with Gasteiger partial charge in [-0.05, 0) is 44.7 Å². The molecule has 5 nitrogen and oxygen atoms in total. The van der Waals surface area contributed by atoms with Gasteiger partial charge in [0.05, 0.1) is 16.3 Å². The van der Waals surface area contributed by atoms with Crippen molar-refractivity contribution in [1.29, 1.82) is 0 Å². The first kappa shape index (κ1) is 17.3. The Morgan fingerprint density at radius 3 is 2.68 bits per heavy atom. The van der Waals surface area contributed by atoms with E-state index in [-0.39, 0.29) is 11.5 Å². The normalized spacial score (nSPS) is 24.9. The summed E-state index contributed by atoms with van der Waals surface area (Å²) in [5.41, 5.74) is 0.357. The Morgan fingerprint density at radius 1 is 1.28 bits per heavy atom. The standard InChI is InChI=1S/C19H26ClN3O2/c1-2-23-14-18(25-19(6-7-19)17(23)24)8-12-22(13-9-18)11-5-16-15(20)4-3-10-21-16/h3-4,10H,2,5-9,11-14H2,1H3. The predicted molar refractivity (Wildman–Crippen MR) is 96.7 cm³/mol. The van der Waals surface area contributed by atoms with Gasteiger partial charge >= 0.3 is 0 Å². The van der Waals surface area contributed by atoms with Crippen molar-refractivity contribution in [1.82, 2.24) is 14.8 Å². The van der Waals surface area contributed by atoms with E-state index in [4.69, 9.17) is 16.3 Å². The van der Waals surface area contributed by atoms with E-state index < -0.39 is 5.60 Å². The number of amides is 1. The molecule has 1 amide bonds. The molecule has 25 heavy (non-hydrogen) atoms. The molecular formula is C19H26ClN3O2. The fourth-order valence-electron chi connectivity index (χ4n) is 4.19. The molecule has 0 atom stereocenters. The van der Waals surface area contributed by atoms with Crippen LogP contribution >= 0.6 is 11.6 Å². The van der Waals surface area contributed by atoms with E-state index in [2.05, 4.69) is 16.8 Å². The van der Waals surface area contributed by atoms with Gasteiger partial charge in [0, 0.05) is 45.3 Å². The van der Waals surface area contributed by atoms with E-state index in [1.165, 1.54) is 0 Å². The van der Waals surface area contributed by atoms with Crippen molar-refractivity contribution >= 4 is 17.5 Å². The number of likely N-dealkylation sites (tertiary alicyclic amines) is 1. The molecule has 0 bridgehead atoms. The number of carbonyl (C=O) groups is 1. The summed E-state index contributed by atoms with van der Waals surface area (Å²) in [5.74, 6) is 0.216. The average Bonchev–Trinajstić information content (AvgIpc) is 3.39. The molecule has 3 heterocycles. The summed E-state index contributed by atoms with van der Waals surface area (Å²) in [7, 11) is 0. The number of carbonyl (C=O) groups excluding carboxylic acids is 1. The maximum Gasteiger partial charge on any atom is 0.254 e. The fraction of sp³-hybridized carbons (Fsp3) is 0.684. The molecule has 6 heteroatoms. The number of pyridine rings is 1. The zero-order valence-corrected chi connectivity index (χ0v) is 15.6. The number of hydrogen-bond acceptors (Lipinski definition) is 4. The zero-order valence-electron chi connectivity index (χ0n) is 14.8. The summed E-state index contributed by atoms with van der Waals surface area (Å²) in [6, 6.07) is 3.77. The topological polar surface area (TPSA) is 45.7 Å². The van der Waals surface area contributed by atoms with E-state index in [0.29, 0.717) is 0 Å². The van der Waals surface area contributed by atoms with Gasteiger partial charge in [-0.3, -0.25) is 9.78 Å². The van der Waals surface area contributed by atoms with Crippen molar-refractivity contribution in [3.8, 4) is 0 Å². The molecule has 4 rings (SSSR count). The maximum atomic E-state index is 12.5. The number of hydrogen-bond donors (Lipinski definition) is 0. The molecule has 0 N–H and O–H groups in total. The number of likely N-dealkylation sites (N-methyl/N-ethyl adjacent to an activating group) is 1. The van der Waals surface area contributed by atoms with Gasteiger partial charge in [-0.2, -0.15) is 0 Å². The lowest BCUT2D eigenvalue weighted by Crippen LogP contribution is -2.62. The number of halogens is 1. The van der Waals surface area contributed by atoms with Gasteiger partial charge in [0.15, 0.2) is 0 Å². The lowest BCUT2D eigenvalue weighted by atomic mass is 9.88. The van der Waals surface area contributed by atoms with Crippen LogP contribution in [0.3, 0.4) is 0 Å².